The van der Waals surface area contributed by atoms with Crippen LogP contribution in [0, 0.1) is 5.92 Å². The summed E-state index contributed by atoms with van der Waals surface area (Å²) in [6.07, 6.45) is 2.41. The summed E-state index contributed by atoms with van der Waals surface area (Å²) in [4.78, 5) is 14.2. The number of ether oxygens (including phenoxy) is 1. The predicted molar refractivity (Wildman–Crippen MR) is 61.9 cm³/mol. The van der Waals surface area contributed by atoms with Crippen molar-refractivity contribution >= 4 is 5.91 Å². The second kappa shape index (κ2) is 4.00. The lowest BCUT2D eigenvalue weighted by Gasteiger charge is -2.39. The molecule has 1 heterocycles. The van der Waals surface area contributed by atoms with Gasteiger partial charge in [-0.25, -0.2) is 0 Å². The molecule has 92 valence electrons. The minimum Gasteiger partial charge on any atom is -0.372 e. The number of amides is 1. The number of carbonyl (C=O) groups is 1. The van der Waals surface area contributed by atoms with Crippen LogP contribution in [-0.4, -0.2) is 41.6 Å². The molecule has 1 saturated carbocycles. The fourth-order valence-corrected chi connectivity index (χ4v) is 2.54. The zero-order chi connectivity index (χ0) is 11.9. The first kappa shape index (κ1) is 11.9. The Bertz CT molecular complexity index is 277. The second-order valence-corrected chi connectivity index (χ2v) is 5.52. The van der Waals surface area contributed by atoms with Crippen LogP contribution in [0.1, 0.15) is 33.6 Å². The average Bonchev–Trinajstić information content (AvgIpc) is 2.97. The van der Waals surface area contributed by atoms with Crippen molar-refractivity contribution in [3.05, 3.63) is 0 Å². The first-order chi connectivity index (χ1) is 7.41. The lowest BCUT2D eigenvalue weighted by atomic mass is 9.94. The maximum absolute atomic E-state index is 12.3. The summed E-state index contributed by atoms with van der Waals surface area (Å²) in [6, 6.07) is 0. The molecule has 4 nitrogen and oxygen atoms in total. The molecule has 0 aromatic carbocycles. The van der Waals surface area contributed by atoms with Crippen molar-refractivity contribution in [3.8, 4) is 0 Å². The molecule has 3 atom stereocenters. The van der Waals surface area contributed by atoms with E-state index >= 15 is 0 Å². The Morgan fingerprint density at radius 3 is 2.25 bits per heavy atom. The van der Waals surface area contributed by atoms with Crippen molar-refractivity contribution in [3.63, 3.8) is 0 Å². The van der Waals surface area contributed by atoms with Crippen LogP contribution in [0.15, 0.2) is 0 Å². The standard InChI is InChI=1S/C12H22N2O2/c1-8-6-14(7-9(2)16-8)11(15)12(3,13)10-4-5-10/h8-10H,4-7,13H2,1-3H3/t8-,9+,12?. The number of nitrogens with two attached hydrogens (primary N) is 1. The van der Waals surface area contributed by atoms with Crippen LogP contribution in [0.5, 0.6) is 0 Å². The monoisotopic (exact) mass is 226 g/mol. The van der Waals surface area contributed by atoms with Crippen LogP contribution in [-0.2, 0) is 9.53 Å². The van der Waals surface area contributed by atoms with E-state index in [1.807, 2.05) is 25.7 Å². The number of hydrogen-bond donors (Lipinski definition) is 1. The van der Waals surface area contributed by atoms with Crippen molar-refractivity contribution in [2.75, 3.05) is 13.1 Å². The zero-order valence-corrected chi connectivity index (χ0v) is 10.4. The third-order valence-corrected chi connectivity index (χ3v) is 3.59. The Hall–Kier alpha value is -0.610. The molecular weight excluding hydrogens is 204 g/mol. The molecule has 0 aromatic rings. The molecule has 16 heavy (non-hydrogen) atoms. The molecule has 2 aliphatic rings. The topological polar surface area (TPSA) is 55.6 Å². The van der Waals surface area contributed by atoms with Gasteiger partial charge >= 0.3 is 0 Å². The van der Waals surface area contributed by atoms with Crippen LogP contribution in [0.4, 0.5) is 0 Å². The third kappa shape index (κ3) is 2.23. The molecule has 1 aliphatic heterocycles. The van der Waals surface area contributed by atoms with Crippen molar-refractivity contribution in [1.82, 2.24) is 4.90 Å². The van der Waals surface area contributed by atoms with Crippen molar-refractivity contribution in [1.29, 1.82) is 0 Å². The second-order valence-electron chi connectivity index (χ2n) is 5.52. The molecule has 1 amide bonds. The molecule has 2 fully saturated rings. The maximum Gasteiger partial charge on any atom is 0.242 e. The van der Waals surface area contributed by atoms with Gasteiger partial charge in [-0.3, -0.25) is 4.79 Å². The van der Waals surface area contributed by atoms with E-state index in [0.717, 1.165) is 12.8 Å². The summed E-state index contributed by atoms with van der Waals surface area (Å²) in [7, 11) is 0. The maximum atomic E-state index is 12.3. The third-order valence-electron chi connectivity index (χ3n) is 3.59. The van der Waals surface area contributed by atoms with Gasteiger partial charge in [0.1, 0.15) is 0 Å². The molecule has 0 spiro atoms. The van der Waals surface area contributed by atoms with Gasteiger partial charge in [0.05, 0.1) is 17.7 Å². The van der Waals surface area contributed by atoms with E-state index in [-0.39, 0.29) is 18.1 Å². The van der Waals surface area contributed by atoms with Crippen LogP contribution in [0.3, 0.4) is 0 Å². The van der Waals surface area contributed by atoms with Gasteiger partial charge in [0.2, 0.25) is 5.91 Å². The van der Waals surface area contributed by atoms with E-state index in [2.05, 4.69) is 0 Å². The number of carbonyl (C=O) groups excluding carboxylic acids is 1. The molecule has 0 radical (unpaired) electrons. The van der Waals surface area contributed by atoms with Gasteiger partial charge in [-0.15, -0.1) is 0 Å². The number of morpholine rings is 1. The zero-order valence-electron chi connectivity index (χ0n) is 10.4. The summed E-state index contributed by atoms with van der Waals surface area (Å²) in [5, 5.41) is 0. The Balaban J connectivity index is 2.03. The SMILES string of the molecule is C[C@@H]1CN(C(=O)C(C)(N)C2CC2)C[C@H](C)O1. The highest BCUT2D eigenvalue weighted by molar-refractivity contribution is 5.86. The van der Waals surface area contributed by atoms with Crippen molar-refractivity contribution in [2.45, 2.75) is 51.4 Å². The molecular formula is C12H22N2O2. The Kier molecular flexibility index (Phi) is 2.97. The van der Waals surface area contributed by atoms with E-state index in [1.54, 1.807) is 0 Å². The lowest BCUT2D eigenvalue weighted by Crippen LogP contribution is -2.59. The van der Waals surface area contributed by atoms with Gasteiger partial charge < -0.3 is 15.4 Å². The molecule has 1 aliphatic carbocycles. The highest BCUT2D eigenvalue weighted by atomic mass is 16.5. The Morgan fingerprint density at radius 2 is 1.81 bits per heavy atom. The minimum atomic E-state index is -0.670. The highest BCUT2D eigenvalue weighted by Crippen LogP contribution is 2.39. The van der Waals surface area contributed by atoms with E-state index in [1.165, 1.54) is 0 Å². The summed E-state index contributed by atoms with van der Waals surface area (Å²) >= 11 is 0. The summed E-state index contributed by atoms with van der Waals surface area (Å²) in [5.41, 5.74) is 5.49. The molecule has 0 bridgehead atoms. The first-order valence-corrected chi connectivity index (χ1v) is 6.15. The number of rotatable bonds is 2. The first-order valence-electron chi connectivity index (χ1n) is 6.15. The summed E-state index contributed by atoms with van der Waals surface area (Å²) in [5.74, 6) is 0.477. The quantitative estimate of drug-likeness (QED) is 0.756. The van der Waals surface area contributed by atoms with Crippen LogP contribution >= 0.6 is 0 Å². The van der Waals surface area contributed by atoms with E-state index < -0.39 is 5.54 Å². The van der Waals surface area contributed by atoms with E-state index in [4.69, 9.17) is 10.5 Å². The lowest BCUT2D eigenvalue weighted by molar-refractivity contribution is -0.149. The summed E-state index contributed by atoms with van der Waals surface area (Å²) < 4.78 is 5.62. The van der Waals surface area contributed by atoms with Crippen LogP contribution < -0.4 is 5.73 Å². The normalized spacial score (nSPS) is 34.6. The van der Waals surface area contributed by atoms with Crippen LogP contribution in [0.2, 0.25) is 0 Å². The molecule has 1 saturated heterocycles. The number of hydrogen-bond acceptors (Lipinski definition) is 3. The van der Waals surface area contributed by atoms with Gasteiger partial charge in [0.25, 0.3) is 0 Å². The molecule has 0 aromatic heterocycles. The van der Waals surface area contributed by atoms with Crippen molar-refractivity contribution in [2.24, 2.45) is 11.7 Å². The Morgan fingerprint density at radius 1 is 1.31 bits per heavy atom. The van der Waals surface area contributed by atoms with E-state index in [9.17, 15) is 4.79 Å². The van der Waals surface area contributed by atoms with Gasteiger partial charge in [-0.2, -0.15) is 0 Å². The average molecular weight is 226 g/mol. The van der Waals surface area contributed by atoms with E-state index in [0.29, 0.717) is 19.0 Å². The van der Waals surface area contributed by atoms with Gasteiger partial charge in [-0.1, -0.05) is 0 Å². The fourth-order valence-electron chi connectivity index (χ4n) is 2.54. The van der Waals surface area contributed by atoms with Crippen LogP contribution in [0.25, 0.3) is 0 Å². The van der Waals surface area contributed by atoms with Gasteiger partial charge in [0, 0.05) is 13.1 Å². The van der Waals surface area contributed by atoms with Gasteiger partial charge in [0.15, 0.2) is 0 Å². The predicted octanol–water partition coefficient (Wildman–Crippen LogP) is 0.750. The fraction of sp³-hybridized carbons (Fsp3) is 0.917. The van der Waals surface area contributed by atoms with Crippen molar-refractivity contribution < 1.29 is 9.53 Å². The largest absolute Gasteiger partial charge is 0.372 e. The number of nitrogens with zero attached hydrogens (tertiary/aromatic N) is 1. The molecule has 2 rings (SSSR count). The van der Waals surface area contributed by atoms with Gasteiger partial charge in [-0.05, 0) is 39.5 Å². The Labute approximate surface area is 97.1 Å². The minimum absolute atomic E-state index is 0.0944. The summed E-state index contributed by atoms with van der Waals surface area (Å²) in [6.45, 7) is 7.21. The highest BCUT2D eigenvalue weighted by Gasteiger charge is 2.46. The molecule has 1 unspecified atom stereocenters. The molecule has 2 N–H and O–H groups in total. The smallest absolute Gasteiger partial charge is 0.242 e. The molecule has 4 heteroatoms.